The Morgan fingerprint density at radius 2 is 1.45 bits per heavy atom. The van der Waals surface area contributed by atoms with Crippen molar-refractivity contribution in [3.05, 3.63) is 42.0 Å². The summed E-state index contributed by atoms with van der Waals surface area (Å²) in [6.45, 7) is 12.1. The zero-order valence-electron chi connectivity index (χ0n) is 23.4. The summed E-state index contributed by atoms with van der Waals surface area (Å²) in [6, 6.07) is 6.10. The largest absolute Gasteiger partial charge is 0.344 e. The third kappa shape index (κ3) is 10.1. The van der Waals surface area contributed by atoms with Gasteiger partial charge in [0.1, 0.15) is 12.1 Å². The molecule has 0 aromatic heterocycles. The van der Waals surface area contributed by atoms with E-state index in [1.807, 2.05) is 38.1 Å². The van der Waals surface area contributed by atoms with Gasteiger partial charge in [-0.15, -0.1) is 0 Å². The van der Waals surface area contributed by atoms with Gasteiger partial charge in [-0.3, -0.25) is 28.9 Å². The van der Waals surface area contributed by atoms with E-state index in [-0.39, 0.29) is 41.4 Å². The number of hydrogen-bond acceptors (Lipinski definition) is 5. The van der Waals surface area contributed by atoms with E-state index in [2.05, 4.69) is 36.7 Å². The van der Waals surface area contributed by atoms with E-state index in [0.717, 1.165) is 6.42 Å². The van der Waals surface area contributed by atoms with Gasteiger partial charge in [0.2, 0.25) is 17.7 Å². The number of unbranched alkanes of at least 4 members (excludes halogenated alkanes) is 2. The molecule has 0 spiro atoms. The Bertz CT molecular complexity index is 1020. The van der Waals surface area contributed by atoms with Crippen LogP contribution < -0.4 is 16.0 Å². The number of nitrogens with zero attached hydrogens (tertiary/aromatic N) is 1. The van der Waals surface area contributed by atoms with Gasteiger partial charge in [0.25, 0.3) is 11.8 Å². The molecular formula is C29H42N4O5. The Balaban J connectivity index is 1.77. The van der Waals surface area contributed by atoms with Crippen molar-refractivity contribution in [3.63, 3.8) is 0 Å². The van der Waals surface area contributed by atoms with Crippen LogP contribution in [0.3, 0.4) is 0 Å². The number of anilines is 1. The molecule has 0 saturated carbocycles. The monoisotopic (exact) mass is 526 g/mol. The number of benzene rings is 1. The highest BCUT2D eigenvalue weighted by molar-refractivity contribution is 6.12. The maximum atomic E-state index is 12.9. The lowest BCUT2D eigenvalue weighted by molar-refractivity contribution is -0.137. The molecule has 1 heterocycles. The summed E-state index contributed by atoms with van der Waals surface area (Å²) >= 11 is 0. The van der Waals surface area contributed by atoms with Crippen molar-refractivity contribution in [1.29, 1.82) is 0 Å². The summed E-state index contributed by atoms with van der Waals surface area (Å²) in [5.41, 5.74) is 2.00. The fourth-order valence-corrected chi connectivity index (χ4v) is 4.10. The second-order valence-electron chi connectivity index (χ2n) is 11.4. The Labute approximate surface area is 225 Å². The van der Waals surface area contributed by atoms with E-state index in [1.165, 1.54) is 22.6 Å². The lowest BCUT2D eigenvalue weighted by Crippen LogP contribution is -2.53. The average Bonchev–Trinajstić information content (AvgIpc) is 3.14. The minimum absolute atomic E-state index is 0.167. The van der Waals surface area contributed by atoms with E-state index in [1.54, 1.807) is 6.92 Å². The number of rotatable bonds is 13. The van der Waals surface area contributed by atoms with Crippen LogP contribution in [0, 0.1) is 11.3 Å². The number of imide groups is 1. The van der Waals surface area contributed by atoms with Crippen LogP contribution in [0.1, 0.15) is 72.8 Å². The fourth-order valence-electron chi connectivity index (χ4n) is 4.10. The van der Waals surface area contributed by atoms with Gasteiger partial charge in [-0.05, 0) is 55.2 Å². The summed E-state index contributed by atoms with van der Waals surface area (Å²) in [5.74, 6) is -1.83. The molecule has 0 saturated heterocycles. The molecule has 0 radical (unpaired) electrons. The van der Waals surface area contributed by atoms with E-state index in [9.17, 15) is 24.0 Å². The number of nitrogens with one attached hydrogen (secondary N) is 3. The molecule has 1 aliphatic heterocycles. The van der Waals surface area contributed by atoms with Crippen molar-refractivity contribution >= 4 is 35.2 Å². The third-order valence-electron chi connectivity index (χ3n) is 6.16. The van der Waals surface area contributed by atoms with Crippen LogP contribution in [0.5, 0.6) is 0 Å². The fraction of sp³-hybridized carbons (Fsp3) is 0.552. The molecule has 208 valence electrons. The van der Waals surface area contributed by atoms with Crippen LogP contribution >= 0.6 is 0 Å². The van der Waals surface area contributed by atoms with Gasteiger partial charge in [-0.1, -0.05) is 53.2 Å². The number of carbonyl (C=O) groups is 5. The zero-order chi connectivity index (χ0) is 28.5. The first kappa shape index (κ1) is 30.7. The highest BCUT2D eigenvalue weighted by atomic mass is 16.2. The van der Waals surface area contributed by atoms with Crippen LogP contribution in [-0.4, -0.2) is 53.1 Å². The van der Waals surface area contributed by atoms with Crippen LogP contribution in [0.4, 0.5) is 5.69 Å². The second-order valence-corrected chi connectivity index (χ2v) is 11.4. The minimum Gasteiger partial charge on any atom is -0.344 e. The number of amides is 5. The topological polar surface area (TPSA) is 125 Å². The maximum absolute atomic E-state index is 12.9. The molecule has 0 fully saturated rings. The highest BCUT2D eigenvalue weighted by Gasteiger charge is 2.27. The molecule has 0 unspecified atom stereocenters. The lowest BCUT2D eigenvalue weighted by Gasteiger charge is -2.24. The number of hydrogen-bond donors (Lipinski definition) is 3. The van der Waals surface area contributed by atoms with Gasteiger partial charge in [-0.2, -0.15) is 0 Å². The van der Waals surface area contributed by atoms with Crippen molar-refractivity contribution in [3.8, 4) is 0 Å². The average molecular weight is 527 g/mol. The smallest absolute Gasteiger partial charge is 0.253 e. The Kier molecular flexibility index (Phi) is 11.2. The van der Waals surface area contributed by atoms with Crippen molar-refractivity contribution in [2.24, 2.45) is 11.3 Å². The van der Waals surface area contributed by atoms with Crippen molar-refractivity contribution in [2.45, 2.75) is 85.7 Å². The first-order valence-corrected chi connectivity index (χ1v) is 13.3. The molecular weight excluding hydrogens is 484 g/mol. The van der Waals surface area contributed by atoms with Gasteiger partial charge in [-0.25, -0.2) is 0 Å². The predicted octanol–water partition coefficient (Wildman–Crippen LogP) is 3.34. The van der Waals surface area contributed by atoms with Crippen LogP contribution in [0.2, 0.25) is 0 Å². The van der Waals surface area contributed by atoms with Gasteiger partial charge >= 0.3 is 0 Å². The van der Waals surface area contributed by atoms with Gasteiger partial charge in [0.05, 0.1) is 0 Å². The lowest BCUT2D eigenvalue weighted by atomic mass is 9.88. The summed E-state index contributed by atoms with van der Waals surface area (Å²) in [4.78, 5) is 62.3. The molecule has 2 atom stereocenters. The third-order valence-corrected chi connectivity index (χ3v) is 6.16. The standard InChI is InChI=1S/C29H42N4O5/c1-19(2)26(32-23(34)10-8-7-9-17-33-24(35)15-16-25(33)36)28(38)30-20(3)27(37)31-22-13-11-21(12-14-22)18-29(4,5)6/h11-16,19-20,26H,7-10,17-18H2,1-6H3,(H,30,38)(H,31,37)(H,32,34)/t20-,26-/m0/s1. The van der Waals surface area contributed by atoms with Crippen molar-refractivity contribution < 1.29 is 24.0 Å². The van der Waals surface area contributed by atoms with Crippen LogP contribution in [0.15, 0.2) is 36.4 Å². The molecule has 0 aliphatic carbocycles. The van der Waals surface area contributed by atoms with Crippen molar-refractivity contribution in [1.82, 2.24) is 15.5 Å². The molecule has 1 aliphatic rings. The molecule has 5 amide bonds. The van der Waals surface area contributed by atoms with Gasteiger partial charge in [0, 0.05) is 30.8 Å². The second kappa shape index (κ2) is 13.9. The van der Waals surface area contributed by atoms with E-state index in [4.69, 9.17) is 0 Å². The predicted molar refractivity (Wildman–Crippen MR) is 147 cm³/mol. The molecule has 9 heteroatoms. The zero-order valence-corrected chi connectivity index (χ0v) is 23.4. The SMILES string of the molecule is CC(C)[C@H](NC(=O)CCCCCN1C(=O)C=CC1=O)C(=O)N[C@@H](C)C(=O)Nc1ccc(CC(C)(C)C)cc1. The Hall–Kier alpha value is -3.49. The van der Waals surface area contributed by atoms with E-state index in [0.29, 0.717) is 31.5 Å². The van der Waals surface area contributed by atoms with E-state index >= 15 is 0 Å². The molecule has 1 aromatic rings. The van der Waals surface area contributed by atoms with E-state index < -0.39 is 18.0 Å². The molecule has 38 heavy (non-hydrogen) atoms. The van der Waals surface area contributed by atoms with Gasteiger partial charge in [0.15, 0.2) is 0 Å². The first-order valence-electron chi connectivity index (χ1n) is 13.3. The Morgan fingerprint density at radius 1 is 0.842 bits per heavy atom. The molecule has 1 aromatic carbocycles. The quantitative estimate of drug-likeness (QED) is 0.269. The maximum Gasteiger partial charge on any atom is 0.253 e. The normalized spacial score (nSPS) is 15.0. The van der Waals surface area contributed by atoms with Gasteiger partial charge < -0.3 is 16.0 Å². The van der Waals surface area contributed by atoms with Crippen molar-refractivity contribution in [2.75, 3.05) is 11.9 Å². The first-order chi connectivity index (χ1) is 17.8. The van der Waals surface area contributed by atoms with Crippen LogP contribution in [0.25, 0.3) is 0 Å². The highest BCUT2D eigenvalue weighted by Crippen LogP contribution is 2.21. The summed E-state index contributed by atoms with van der Waals surface area (Å²) in [5, 5.41) is 8.29. The molecule has 2 rings (SSSR count). The molecule has 0 bridgehead atoms. The Morgan fingerprint density at radius 3 is 2.00 bits per heavy atom. The molecule has 3 N–H and O–H groups in total. The summed E-state index contributed by atoms with van der Waals surface area (Å²) in [6.07, 6.45) is 5.48. The number of carbonyl (C=O) groups excluding carboxylic acids is 5. The van der Waals surface area contributed by atoms with Crippen LogP contribution in [-0.2, 0) is 30.4 Å². The minimum atomic E-state index is -0.791. The summed E-state index contributed by atoms with van der Waals surface area (Å²) in [7, 11) is 0. The molecule has 9 nitrogen and oxygen atoms in total. The summed E-state index contributed by atoms with van der Waals surface area (Å²) < 4.78 is 0.